The summed E-state index contributed by atoms with van der Waals surface area (Å²) in [4.78, 5) is 14.9. The molecule has 110 valence electrons. The van der Waals surface area contributed by atoms with Crippen LogP contribution in [0, 0.1) is 10.1 Å². The number of benzene rings is 1. The van der Waals surface area contributed by atoms with Crippen molar-refractivity contribution >= 4 is 58.3 Å². The lowest BCUT2D eigenvalue weighted by Gasteiger charge is -2.16. The summed E-state index contributed by atoms with van der Waals surface area (Å²) in [6.45, 7) is 0. The Hall–Kier alpha value is -1.21. The van der Waals surface area contributed by atoms with Crippen LogP contribution in [0.1, 0.15) is 5.56 Å². The molecule has 5 nitrogen and oxygen atoms in total. The SMILES string of the molecule is O=[N+]([O-])c1ccc(SNc2ccccn2)c(C(Cl)(Cl)Cl)c1. The van der Waals surface area contributed by atoms with E-state index in [9.17, 15) is 10.1 Å². The Bertz CT molecular complexity index is 650. The Kier molecular flexibility index (Phi) is 5.16. The number of nitro benzene ring substituents is 1. The minimum atomic E-state index is -1.76. The first-order chi connectivity index (χ1) is 9.88. The van der Waals surface area contributed by atoms with Crippen LogP contribution < -0.4 is 4.72 Å². The highest BCUT2D eigenvalue weighted by atomic mass is 35.6. The largest absolute Gasteiger partial charge is 0.310 e. The maximum absolute atomic E-state index is 10.8. The second-order valence-corrected chi connectivity index (χ2v) is 6.98. The van der Waals surface area contributed by atoms with Gasteiger partial charge in [0.15, 0.2) is 0 Å². The summed E-state index contributed by atoms with van der Waals surface area (Å²) in [7, 11) is 0. The van der Waals surface area contributed by atoms with Crippen LogP contribution in [0.4, 0.5) is 11.5 Å². The number of nitrogens with zero attached hydrogens (tertiary/aromatic N) is 2. The van der Waals surface area contributed by atoms with Gasteiger partial charge in [0, 0.05) is 28.8 Å². The Morgan fingerprint density at radius 1 is 1.24 bits per heavy atom. The summed E-state index contributed by atoms with van der Waals surface area (Å²) >= 11 is 18.8. The van der Waals surface area contributed by atoms with E-state index in [0.717, 1.165) is 11.9 Å². The van der Waals surface area contributed by atoms with Crippen molar-refractivity contribution in [3.05, 3.63) is 58.3 Å². The molecule has 2 rings (SSSR count). The number of pyridine rings is 1. The van der Waals surface area contributed by atoms with Gasteiger partial charge in [0.1, 0.15) is 5.82 Å². The molecule has 0 atom stereocenters. The molecule has 0 fully saturated rings. The highest BCUT2D eigenvalue weighted by Crippen LogP contribution is 2.44. The number of alkyl halides is 3. The Balaban J connectivity index is 2.28. The van der Waals surface area contributed by atoms with Gasteiger partial charge in [-0.3, -0.25) is 10.1 Å². The summed E-state index contributed by atoms with van der Waals surface area (Å²) in [5.41, 5.74) is 0.0913. The van der Waals surface area contributed by atoms with Gasteiger partial charge in [-0.1, -0.05) is 40.9 Å². The molecule has 0 amide bonds. The lowest BCUT2D eigenvalue weighted by atomic mass is 10.2. The molecule has 0 aliphatic rings. The predicted molar refractivity (Wildman–Crippen MR) is 86.1 cm³/mol. The van der Waals surface area contributed by atoms with Crippen LogP contribution in [0.2, 0.25) is 0 Å². The van der Waals surface area contributed by atoms with Crippen LogP contribution >= 0.6 is 46.8 Å². The molecule has 1 heterocycles. The van der Waals surface area contributed by atoms with Crippen LogP contribution in [0.25, 0.3) is 0 Å². The normalized spacial score (nSPS) is 11.2. The third-order valence-electron chi connectivity index (χ3n) is 2.41. The first-order valence-corrected chi connectivity index (χ1v) is 7.52. The van der Waals surface area contributed by atoms with Crippen molar-refractivity contribution < 1.29 is 4.92 Å². The topological polar surface area (TPSA) is 68.1 Å². The highest BCUT2D eigenvalue weighted by Gasteiger charge is 2.28. The number of hydrogen-bond acceptors (Lipinski definition) is 5. The molecule has 9 heteroatoms. The summed E-state index contributed by atoms with van der Waals surface area (Å²) in [6.07, 6.45) is 1.63. The van der Waals surface area contributed by atoms with E-state index >= 15 is 0 Å². The molecule has 0 saturated heterocycles. The van der Waals surface area contributed by atoms with Crippen LogP contribution in [-0.2, 0) is 3.79 Å². The molecule has 0 aliphatic heterocycles. The average molecular weight is 365 g/mol. The Morgan fingerprint density at radius 2 is 2.00 bits per heavy atom. The number of non-ortho nitro benzene ring substituents is 1. The van der Waals surface area contributed by atoms with Crippen molar-refractivity contribution in [1.29, 1.82) is 0 Å². The molecular formula is C12H8Cl3N3O2S. The van der Waals surface area contributed by atoms with Crippen LogP contribution in [0.15, 0.2) is 47.5 Å². The molecule has 0 spiro atoms. The number of nitro groups is 1. The maximum Gasteiger partial charge on any atom is 0.269 e. The van der Waals surface area contributed by atoms with Gasteiger partial charge >= 0.3 is 0 Å². The number of nitrogens with one attached hydrogen (secondary N) is 1. The summed E-state index contributed by atoms with van der Waals surface area (Å²) in [5.74, 6) is 0.621. The molecular weight excluding hydrogens is 357 g/mol. The van der Waals surface area contributed by atoms with Crippen molar-refractivity contribution in [2.45, 2.75) is 8.69 Å². The number of rotatable bonds is 4. The zero-order valence-corrected chi connectivity index (χ0v) is 13.4. The Morgan fingerprint density at radius 3 is 2.57 bits per heavy atom. The fourth-order valence-corrected chi connectivity index (χ4v) is 2.90. The number of halogens is 3. The fraction of sp³-hybridized carbons (Fsp3) is 0.0833. The monoisotopic (exact) mass is 363 g/mol. The van der Waals surface area contributed by atoms with Gasteiger partial charge in [0.25, 0.3) is 5.69 Å². The molecule has 0 aliphatic carbocycles. The van der Waals surface area contributed by atoms with Crippen LogP contribution in [0.3, 0.4) is 0 Å². The molecule has 2 aromatic rings. The van der Waals surface area contributed by atoms with E-state index in [1.54, 1.807) is 18.3 Å². The maximum atomic E-state index is 10.8. The smallest absolute Gasteiger partial charge is 0.269 e. The first-order valence-electron chi connectivity index (χ1n) is 5.57. The highest BCUT2D eigenvalue weighted by molar-refractivity contribution is 8.00. The quantitative estimate of drug-likeness (QED) is 0.360. The third-order valence-corrected chi connectivity index (χ3v) is 3.91. The van der Waals surface area contributed by atoms with E-state index < -0.39 is 8.72 Å². The van der Waals surface area contributed by atoms with Crippen LogP contribution in [-0.4, -0.2) is 9.91 Å². The van der Waals surface area contributed by atoms with Gasteiger partial charge in [-0.25, -0.2) is 4.98 Å². The second kappa shape index (κ2) is 6.70. The lowest BCUT2D eigenvalue weighted by Crippen LogP contribution is -2.05. The molecule has 1 aromatic carbocycles. The van der Waals surface area contributed by atoms with E-state index in [1.165, 1.54) is 18.2 Å². The van der Waals surface area contributed by atoms with Gasteiger partial charge < -0.3 is 4.72 Å². The number of aromatic nitrogens is 1. The minimum Gasteiger partial charge on any atom is -0.310 e. The molecule has 0 unspecified atom stereocenters. The molecule has 1 aromatic heterocycles. The third kappa shape index (κ3) is 4.38. The van der Waals surface area contributed by atoms with E-state index in [1.807, 2.05) is 6.07 Å². The molecule has 0 bridgehead atoms. The van der Waals surface area contributed by atoms with Gasteiger partial charge in [0.05, 0.1) is 4.92 Å². The van der Waals surface area contributed by atoms with Crippen molar-refractivity contribution in [2.24, 2.45) is 0 Å². The van der Waals surface area contributed by atoms with E-state index in [0.29, 0.717) is 10.7 Å². The van der Waals surface area contributed by atoms with Gasteiger partial charge in [0.2, 0.25) is 3.79 Å². The lowest BCUT2D eigenvalue weighted by molar-refractivity contribution is -0.385. The summed E-state index contributed by atoms with van der Waals surface area (Å²) in [6, 6.07) is 9.50. The zero-order valence-electron chi connectivity index (χ0n) is 10.3. The van der Waals surface area contributed by atoms with Gasteiger partial charge in [-0.15, -0.1) is 0 Å². The fourth-order valence-electron chi connectivity index (χ4n) is 1.47. The predicted octanol–water partition coefficient (Wildman–Crippen LogP) is 4.94. The number of anilines is 1. The van der Waals surface area contributed by atoms with Crippen molar-refractivity contribution in [2.75, 3.05) is 4.72 Å². The number of hydrogen-bond donors (Lipinski definition) is 1. The van der Waals surface area contributed by atoms with Crippen LogP contribution in [0.5, 0.6) is 0 Å². The van der Waals surface area contributed by atoms with Crippen molar-refractivity contribution in [3.8, 4) is 0 Å². The van der Waals surface area contributed by atoms with Crippen molar-refractivity contribution in [3.63, 3.8) is 0 Å². The molecule has 21 heavy (non-hydrogen) atoms. The van der Waals surface area contributed by atoms with E-state index in [4.69, 9.17) is 34.8 Å². The molecule has 0 radical (unpaired) electrons. The summed E-state index contributed by atoms with van der Waals surface area (Å²) < 4.78 is 1.22. The van der Waals surface area contributed by atoms with Gasteiger partial charge in [-0.2, -0.15) is 0 Å². The van der Waals surface area contributed by atoms with Crippen molar-refractivity contribution in [1.82, 2.24) is 4.98 Å². The zero-order chi connectivity index (χ0) is 15.5. The van der Waals surface area contributed by atoms with E-state index in [-0.39, 0.29) is 11.3 Å². The minimum absolute atomic E-state index is 0.140. The van der Waals surface area contributed by atoms with Gasteiger partial charge in [-0.05, 0) is 30.1 Å². The molecule has 0 saturated carbocycles. The van der Waals surface area contributed by atoms with E-state index in [2.05, 4.69) is 9.71 Å². The molecule has 1 N–H and O–H groups in total. The standard InChI is InChI=1S/C12H8Cl3N3O2S/c13-12(14,15)9-7-8(18(19)20)4-5-10(9)21-17-11-3-1-2-6-16-11/h1-7H,(H,16,17). The average Bonchev–Trinajstić information content (AvgIpc) is 2.45. The first kappa shape index (κ1) is 16.2. The summed E-state index contributed by atoms with van der Waals surface area (Å²) in [5, 5.41) is 10.8. The second-order valence-electron chi connectivity index (χ2n) is 3.85. The Labute approximate surface area is 139 Å².